The third-order valence-corrected chi connectivity index (χ3v) is 2.37. The van der Waals surface area contributed by atoms with Crippen molar-refractivity contribution >= 4 is 0 Å². The van der Waals surface area contributed by atoms with Crippen LogP contribution >= 0.6 is 0 Å². The van der Waals surface area contributed by atoms with Crippen molar-refractivity contribution in [3.8, 4) is 0 Å². The molecular formula is C12H21N3. The van der Waals surface area contributed by atoms with Gasteiger partial charge >= 0.3 is 0 Å². The first-order valence-electron chi connectivity index (χ1n) is 5.56. The average molecular weight is 207 g/mol. The number of hydrogen-bond donors (Lipinski definition) is 1. The molecule has 0 atom stereocenters. The van der Waals surface area contributed by atoms with E-state index in [2.05, 4.69) is 28.3 Å². The molecule has 0 aromatic carbocycles. The van der Waals surface area contributed by atoms with Crippen LogP contribution in [0.15, 0.2) is 24.4 Å². The molecule has 15 heavy (non-hydrogen) atoms. The number of nitrogens with zero attached hydrogens (tertiary/aromatic N) is 2. The normalized spacial score (nSPS) is 10.9. The summed E-state index contributed by atoms with van der Waals surface area (Å²) in [6.07, 6.45) is 4.33. The Kier molecular flexibility index (Phi) is 5.97. The summed E-state index contributed by atoms with van der Waals surface area (Å²) in [6.45, 7) is 3.19. The summed E-state index contributed by atoms with van der Waals surface area (Å²) < 4.78 is 0. The minimum atomic E-state index is 0.945. The molecule has 1 N–H and O–H groups in total. The lowest BCUT2D eigenvalue weighted by Crippen LogP contribution is -2.20. The molecular weight excluding hydrogens is 186 g/mol. The Morgan fingerprint density at radius 1 is 1.33 bits per heavy atom. The van der Waals surface area contributed by atoms with Crippen LogP contribution < -0.4 is 5.32 Å². The van der Waals surface area contributed by atoms with Crippen molar-refractivity contribution in [2.45, 2.75) is 19.4 Å². The molecule has 0 aliphatic carbocycles. The van der Waals surface area contributed by atoms with Crippen LogP contribution in [-0.2, 0) is 6.54 Å². The van der Waals surface area contributed by atoms with Crippen molar-refractivity contribution in [2.75, 3.05) is 27.2 Å². The molecule has 3 heteroatoms. The first-order valence-corrected chi connectivity index (χ1v) is 5.56. The summed E-state index contributed by atoms with van der Waals surface area (Å²) in [7, 11) is 4.14. The summed E-state index contributed by atoms with van der Waals surface area (Å²) in [5.41, 5.74) is 1.15. The van der Waals surface area contributed by atoms with Crippen LogP contribution in [0.25, 0.3) is 0 Å². The molecule has 0 aliphatic heterocycles. The maximum atomic E-state index is 4.31. The van der Waals surface area contributed by atoms with E-state index in [0.717, 1.165) is 25.3 Å². The number of aromatic nitrogens is 1. The van der Waals surface area contributed by atoms with Crippen LogP contribution in [0, 0.1) is 0 Å². The summed E-state index contributed by atoms with van der Waals surface area (Å²) in [5, 5.41) is 3.16. The maximum absolute atomic E-state index is 4.31. The maximum Gasteiger partial charge on any atom is 0.0543 e. The molecule has 0 amide bonds. The van der Waals surface area contributed by atoms with Gasteiger partial charge in [0.15, 0.2) is 0 Å². The van der Waals surface area contributed by atoms with E-state index in [-0.39, 0.29) is 0 Å². The van der Waals surface area contributed by atoms with Crippen LogP contribution in [-0.4, -0.2) is 37.1 Å². The van der Waals surface area contributed by atoms with Crippen molar-refractivity contribution in [3.63, 3.8) is 0 Å². The highest BCUT2D eigenvalue weighted by atomic mass is 15.1. The Labute approximate surface area is 92.5 Å². The Bertz CT molecular complexity index is 248. The lowest BCUT2D eigenvalue weighted by Gasteiger charge is -2.15. The van der Waals surface area contributed by atoms with E-state index in [1.807, 2.05) is 25.4 Å². The molecule has 1 heterocycles. The second kappa shape index (κ2) is 7.37. The van der Waals surface area contributed by atoms with Gasteiger partial charge in [-0.3, -0.25) is 4.98 Å². The molecule has 1 rings (SSSR count). The monoisotopic (exact) mass is 207 g/mol. The van der Waals surface area contributed by atoms with Crippen LogP contribution in [0.3, 0.4) is 0 Å². The molecule has 84 valence electrons. The van der Waals surface area contributed by atoms with Crippen molar-refractivity contribution in [2.24, 2.45) is 0 Å². The molecule has 1 aromatic heterocycles. The molecule has 0 saturated carbocycles. The van der Waals surface area contributed by atoms with Crippen molar-refractivity contribution in [3.05, 3.63) is 30.1 Å². The van der Waals surface area contributed by atoms with E-state index in [0.29, 0.717) is 0 Å². The van der Waals surface area contributed by atoms with E-state index in [4.69, 9.17) is 0 Å². The summed E-state index contributed by atoms with van der Waals surface area (Å²) in [4.78, 5) is 6.63. The van der Waals surface area contributed by atoms with Crippen LogP contribution in [0.4, 0.5) is 0 Å². The summed E-state index contributed by atoms with van der Waals surface area (Å²) in [6, 6.07) is 6.07. The largest absolute Gasteiger partial charge is 0.320 e. The molecule has 1 aromatic rings. The number of nitrogens with one attached hydrogen (secondary N) is 1. The first kappa shape index (κ1) is 12.1. The fraction of sp³-hybridized carbons (Fsp3) is 0.583. The minimum absolute atomic E-state index is 0.945. The number of rotatable bonds is 7. The lowest BCUT2D eigenvalue weighted by molar-refractivity contribution is 0.314. The fourth-order valence-electron chi connectivity index (χ4n) is 1.53. The summed E-state index contributed by atoms with van der Waals surface area (Å²) in [5.74, 6) is 0. The Morgan fingerprint density at radius 3 is 2.87 bits per heavy atom. The minimum Gasteiger partial charge on any atom is -0.320 e. The Morgan fingerprint density at radius 2 is 2.20 bits per heavy atom. The Balaban J connectivity index is 2.16. The van der Waals surface area contributed by atoms with Crippen LogP contribution in [0.1, 0.15) is 18.5 Å². The Hall–Kier alpha value is -0.930. The summed E-state index contributed by atoms with van der Waals surface area (Å²) >= 11 is 0. The third-order valence-electron chi connectivity index (χ3n) is 2.37. The van der Waals surface area contributed by atoms with E-state index in [1.165, 1.54) is 12.8 Å². The highest BCUT2D eigenvalue weighted by Crippen LogP contribution is 2.00. The highest BCUT2D eigenvalue weighted by molar-refractivity contribution is 5.02. The standard InChI is InChI=1S/C12H21N3/c1-13-8-5-6-10-15(2)11-12-7-3-4-9-14-12/h3-4,7,9,13H,5-6,8,10-11H2,1-2H3. The molecule has 0 radical (unpaired) electrons. The van der Waals surface area contributed by atoms with Gasteiger partial charge in [0.25, 0.3) is 0 Å². The first-order chi connectivity index (χ1) is 7.33. The molecule has 0 spiro atoms. The zero-order valence-corrected chi connectivity index (χ0v) is 9.74. The molecule has 0 unspecified atom stereocenters. The number of unbranched alkanes of at least 4 members (excludes halogenated alkanes) is 1. The van der Waals surface area contributed by atoms with Gasteiger partial charge in [0.1, 0.15) is 0 Å². The van der Waals surface area contributed by atoms with Gasteiger partial charge in [-0.1, -0.05) is 6.07 Å². The van der Waals surface area contributed by atoms with Crippen molar-refractivity contribution in [1.82, 2.24) is 15.2 Å². The molecule has 0 saturated heterocycles. The van der Waals surface area contributed by atoms with E-state index < -0.39 is 0 Å². The van der Waals surface area contributed by atoms with Crippen LogP contribution in [0.2, 0.25) is 0 Å². The van der Waals surface area contributed by atoms with Crippen molar-refractivity contribution < 1.29 is 0 Å². The topological polar surface area (TPSA) is 28.2 Å². The molecule has 0 aliphatic rings. The quantitative estimate of drug-likeness (QED) is 0.687. The zero-order valence-electron chi connectivity index (χ0n) is 9.74. The van der Waals surface area contributed by atoms with Gasteiger partial charge in [-0.2, -0.15) is 0 Å². The second-order valence-electron chi connectivity index (χ2n) is 3.87. The lowest BCUT2D eigenvalue weighted by atomic mass is 10.3. The van der Waals surface area contributed by atoms with Gasteiger partial charge < -0.3 is 10.2 Å². The predicted octanol–water partition coefficient (Wildman–Crippen LogP) is 1.51. The van der Waals surface area contributed by atoms with Gasteiger partial charge in [-0.15, -0.1) is 0 Å². The van der Waals surface area contributed by atoms with E-state index in [9.17, 15) is 0 Å². The molecule has 0 fully saturated rings. The molecule has 0 bridgehead atoms. The van der Waals surface area contributed by atoms with Gasteiger partial charge in [0, 0.05) is 12.7 Å². The number of hydrogen-bond acceptors (Lipinski definition) is 3. The third kappa shape index (κ3) is 5.50. The van der Waals surface area contributed by atoms with Gasteiger partial charge in [0.05, 0.1) is 5.69 Å². The van der Waals surface area contributed by atoms with Crippen molar-refractivity contribution in [1.29, 1.82) is 0 Å². The smallest absolute Gasteiger partial charge is 0.0543 e. The molecule has 3 nitrogen and oxygen atoms in total. The predicted molar refractivity (Wildman–Crippen MR) is 63.7 cm³/mol. The van der Waals surface area contributed by atoms with Crippen LogP contribution in [0.5, 0.6) is 0 Å². The van der Waals surface area contributed by atoms with E-state index >= 15 is 0 Å². The van der Waals surface area contributed by atoms with Gasteiger partial charge in [-0.05, 0) is 52.2 Å². The zero-order chi connectivity index (χ0) is 10.9. The SMILES string of the molecule is CNCCCCN(C)Cc1ccccn1. The van der Waals surface area contributed by atoms with Gasteiger partial charge in [0.2, 0.25) is 0 Å². The highest BCUT2D eigenvalue weighted by Gasteiger charge is 1.99. The second-order valence-corrected chi connectivity index (χ2v) is 3.87. The van der Waals surface area contributed by atoms with E-state index in [1.54, 1.807) is 0 Å². The fourth-order valence-corrected chi connectivity index (χ4v) is 1.53. The number of pyridine rings is 1. The van der Waals surface area contributed by atoms with Gasteiger partial charge in [-0.25, -0.2) is 0 Å². The average Bonchev–Trinajstić information content (AvgIpc) is 2.26.